The molecule has 0 radical (unpaired) electrons. The van der Waals surface area contributed by atoms with Crippen LogP contribution in [0.15, 0.2) is 72.8 Å². The molecule has 0 saturated carbocycles. The van der Waals surface area contributed by atoms with Crippen molar-refractivity contribution < 1.29 is 14.4 Å². The van der Waals surface area contributed by atoms with E-state index in [2.05, 4.69) is 4.98 Å². The SMILES string of the molecule is COc1cc(-c2nc(-c3ccccc3)c(-c3ccccc3)[nH]2)c([N+](=O)[O-])cc1OC. The van der Waals surface area contributed by atoms with Crippen molar-refractivity contribution >= 4 is 5.69 Å². The summed E-state index contributed by atoms with van der Waals surface area (Å²) in [5.74, 6) is 1.04. The third kappa shape index (κ3) is 3.48. The van der Waals surface area contributed by atoms with Gasteiger partial charge in [-0.3, -0.25) is 10.1 Å². The monoisotopic (exact) mass is 401 g/mol. The molecule has 4 aromatic rings. The van der Waals surface area contributed by atoms with Gasteiger partial charge in [-0.05, 0) is 0 Å². The molecule has 0 fully saturated rings. The third-order valence-corrected chi connectivity index (χ3v) is 4.77. The number of H-pyrrole nitrogens is 1. The van der Waals surface area contributed by atoms with Crippen LogP contribution in [0.25, 0.3) is 33.9 Å². The number of ether oxygens (including phenoxy) is 2. The van der Waals surface area contributed by atoms with Crippen LogP contribution >= 0.6 is 0 Å². The lowest BCUT2D eigenvalue weighted by atomic mass is 10.1. The number of rotatable bonds is 6. The van der Waals surface area contributed by atoms with Gasteiger partial charge in [0, 0.05) is 17.2 Å². The smallest absolute Gasteiger partial charge is 0.284 e. The maximum Gasteiger partial charge on any atom is 0.284 e. The minimum absolute atomic E-state index is 0.124. The van der Waals surface area contributed by atoms with Crippen LogP contribution < -0.4 is 9.47 Å². The van der Waals surface area contributed by atoms with Gasteiger partial charge in [0.1, 0.15) is 5.82 Å². The number of nitro groups is 1. The quantitative estimate of drug-likeness (QED) is 0.348. The zero-order chi connectivity index (χ0) is 21.1. The van der Waals surface area contributed by atoms with Gasteiger partial charge in [-0.25, -0.2) is 4.98 Å². The Hall–Kier alpha value is -4.13. The lowest BCUT2D eigenvalue weighted by Gasteiger charge is -2.09. The highest BCUT2D eigenvalue weighted by Crippen LogP contribution is 2.41. The second-order valence-corrected chi connectivity index (χ2v) is 6.52. The zero-order valence-corrected chi connectivity index (χ0v) is 16.5. The molecule has 0 saturated heterocycles. The van der Waals surface area contributed by atoms with Crippen molar-refractivity contribution in [1.82, 2.24) is 9.97 Å². The van der Waals surface area contributed by atoms with Crippen molar-refractivity contribution in [2.45, 2.75) is 0 Å². The summed E-state index contributed by atoms with van der Waals surface area (Å²) < 4.78 is 10.6. The van der Waals surface area contributed by atoms with Crippen molar-refractivity contribution in [2.75, 3.05) is 14.2 Å². The first-order valence-electron chi connectivity index (χ1n) is 9.24. The molecule has 1 N–H and O–H groups in total. The van der Waals surface area contributed by atoms with Crippen LogP contribution in [0.4, 0.5) is 5.69 Å². The lowest BCUT2D eigenvalue weighted by molar-refractivity contribution is -0.384. The molecule has 0 aliphatic carbocycles. The molecule has 0 bridgehead atoms. The highest BCUT2D eigenvalue weighted by molar-refractivity contribution is 5.83. The van der Waals surface area contributed by atoms with Gasteiger partial charge in [0.2, 0.25) is 0 Å². The average Bonchev–Trinajstić information content (AvgIpc) is 3.24. The standard InChI is InChI=1S/C23H19N3O4/c1-29-19-13-17(18(26(27)28)14-20(19)30-2)23-24-21(15-9-5-3-6-10-15)22(25-23)16-11-7-4-8-12-16/h3-14H,1-2H3,(H,24,25). The summed E-state index contributed by atoms with van der Waals surface area (Å²) in [6, 6.07) is 22.3. The average molecular weight is 401 g/mol. The fourth-order valence-electron chi connectivity index (χ4n) is 3.33. The van der Waals surface area contributed by atoms with E-state index in [0.717, 1.165) is 16.8 Å². The summed E-state index contributed by atoms with van der Waals surface area (Å²) >= 11 is 0. The van der Waals surface area contributed by atoms with Gasteiger partial charge in [-0.15, -0.1) is 0 Å². The van der Waals surface area contributed by atoms with E-state index in [0.29, 0.717) is 22.8 Å². The Balaban J connectivity index is 1.97. The normalized spacial score (nSPS) is 10.6. The Labute approximate surface area is 173 Å². The van der Waals surface area contributed by atoms with E-state index in [4.69, 9.17) is 14.5 Å². The van der Waals surface area contributed by atoms with E-state index in [-0.39, 0.29) is 11.4 Å². The van der Waals surface area contributed by atoms with E-state index < -0.39 is 4.92 Å². The fourth-order valence-corrected chi connectivity index (χ4v) is 3.33. The molecule has 30 heavy (non-hydrogen) atoms. The molecule has 7 heteroatoms. The fraction of sp³-hybridized carbons (Fsp3) is 0.0870. The number of hydrogen-bond donors (Lipinski definition) is 1. The number of benzene rings is 3. The third-order valence-electron chi connectivity index (χ3n) is 4.77. The van der Waals surface area contributed by atoms with Gasteiger partial charge in [0.25, 0.3) is 5.69 Å². The highest BCUT2D eigenvalue weighted by Gasteiger charge is 2.25. The van der Waals surface area contributed by atoms with Crippen LogP contribution in [0.5, 0.6) is 11.5 Å². The molecule has 0 atom stereocenters. The maximum atomic E-state index is 11.8. The Kier molecular flexibility index (Phi) is 5.17. The molecule has 1 heterocycles. The van der Waals surface area contributed by atoms with Crippen molar-refractivity contribution in [3.63, 3.8) is 0 Å². The molecule has 0 spiro atoms. The summed E-state index contributed by atoms with van der Waals surface area (Å²) in [6.45, 7) is 0. The van der Waals surface area contributed by atoms with Crippen molar-refractivity contribution in [3.8, 4) is 45.4 Å². The van der Waals surface area contributed by atoms with Crippen LogP contribution in [-0.4, -0.2) is 29.1 Å². The summed E-state index contributed by atoms with van der Waals surface area (Å²) in [5.41, 5.74) is 3.51. The zero-order valence-electron chi connectivity index (χ0n) is 16.5. The van der Waals surface area contributed by atoms with E-state index in [9.17, 15) is 10.1 Å². The molecular weight excluding hydrogens is 382 g/mol. The number of methoxy groups -OCH3 is 2. The number of nitro benzene ring substituents is 1. The van der Waals surface area contributed by atoms with Crippen molar-refractivity contribution in [3.05, 3.63) is 82.9 Å². The molecular formula is C23H19N3O4. The molecule has 0 amide bonds. The second-order valence-electron chi connectivity index (χ2n) is 6.52. The number of aromatic nitrogens is 2. The van der Waals surface area contributed by atoms with Crippen LogP contribution in [0.1, 0.15) is 0 Å². The minimum atomic E-state index is -0.454. The molecule has 0 aliphatic rings. The van der Waals surface area contributed by atoms with E-state index in [1.165, 1.54) is 20.3 Å². The number of nitrogens with one attached hydrogen (secondary N) is 1. The molecule has 7 nitrogen and oxygen atoms in total. The number of aromatic amines is 1. The Morgan fingerprint density at radius 3 is 2.00 bits per heavy atom. The van der Waals surface area contributed by atoms with Crippen LogP contribution in [0.2, 0.25) is 0 Å². The molecule has 150 valence electrons. The molecule has 1 aromatic heterocycles. The Bertz CT molecular complexity index is 1130. The summed E-state index contributed by atoms with van der Waals surface area (Å²) in [7, 11) is 2.93. The predicted molar refractivity (Wildman–Crippen MR) is 115 cm³/mol. The van der Waals surface area contributed by atoms with Crippen molar-refractivity contribution in [2.24, 2.45) is 0 Å². The van der Waals surface area contributed by atoms with Crippen LogP contribution in [0.3, 0.4) is 0 Å². The first-order valence-corrected chi connectivity index (χ1v) is 9.24. The second kappa shape index (κ2) is 8.08. The number of imidazole rings is 1. The van der Waals surface area contributed by atoms with Crippen molar-refractivity contribution in [1.29, 1.82) is 0 Å². The minimum Gasteiger partial charge on any atom is -0.493 e. The lowest BCUT2D eigenvalue weighted by Crippen LogP contribution is -1.97. The van der Waals surface area contributed by atoms with Gasteiger partial charge in [0.05, 0.1) is 42.2 Å². The van der Waals surface area contributed by atoms with Gasteiger partial charge in [-0.2, -0.15) is 0 Å². The topological polar surface area (TPSA) is 90.3 Å². The number of nitrogens with zero attached hydrogens (tertiary/aromatic N) is 2. The summed E-state index contributed by atoms with van der Waals surface area (Å²) in [5, 5.41) is 11.8. The maximum absolute atomic E-state index is 11.8. The first-order chi connectivity index (χ1) is 14.6. The first kappa shape index (κ1) is 19.2. The molecule has 0 aliphatic heterocycles. The number of hydrogen-bond acceptors (Lipinski definition) is 5. The predicted octanol–water partition coefficient (Wildman–Crippen LogP) is 5.34. The van der Waals surface area contributed by atoms with Gasteiger partial charge >= 0.3 is 0 Å². The molecule has 0 unspecified atom stereocenters. The van der Waals surface area contributed by atoms with E-state index in [1.54, 1.807) is 6.07 Å². The van der Waals surface area contributed by atoms with Gasteiger partial charge in [0.15, 0.2) is 11.5 Å². The highest BCUT2D eigenvalue weighted by atomic mass is 16.6. The van der Waals surface area contributed by atoms with E-state index in [1.807, 2.05) is 60.7 Å². The van der Waals surface area contributed by atoms with Gasteiger partial charge in [-0.1, -0.05) is 60.7 Å². The van der Waals surface area contributed by atoms with Gasteiger partial charge < -0.3 is 14.5 Å². The Morgan fingerprint density at radius 2 is 1.43 bits per heavy atom. The van der Waals surface area contributed by atoms with Crippen LogP contribution in [-0.2, 0) is 0 Å². The summed E-state index contributed by atoms with van der Waals surface area (Å²) in [4.78, 5) is 19.3. The summed E-state index contributed by atoms with van der Waals surface area (Å²) in [6.07, 6.45) is 0. The van der Waals surface area contributed by atoms with E-state index >= 15 is 0 Å². The Morgan fingerprint density at radius 1 is 0.867 bits per heavy atom. The molecule has 4 rings (SSSR count). The largest absolute Gasteiger partial charge is 0.493 e. The van der Waals surface area contributed by atoms with Crippen LogP contribution in [0, 0.1) is 10.1 Å². The molecule has 3 aromatic carbocycles.